The van der Waals surface area contributed by atoms with E-state index >= 15 is 0 Å². The van der Waals surface area contributed by atoms with Gasteiger partial charge in [0.15, 0.2) is 0 Å². The second-order valence-electron chi connectivity index (χ2n) is 6.84. The molecule has 1 saturated carbocycles. The lowest BCUT2D eigenvalue weighted by Gasteiger charge is -2.30. The molecule has 118 valence electrons. The Kier molecular flexibility index (Phi) is 5.69. The Hall–Kier alpha value is -0.580. The molecule has 2 unspecified atom stereocenters. The van der Waals surface area contributed by atoms with Crippen LogP contribution >= 0.6 is 15.9 Å². The van der Waals surface area contributed by atoms with E-state index in [-0.39, 0.29) is 17.7 Å². The number of hydrogen-bond donors (Lipinski definition) is 2. The van der Waals surface area contributed by atoms with Crippen molar-refractivity contribution in [3.8, 4) is 5.75 Å². The van der Waals surface area contributed by atoms with E-state index in [4.69, 9.17) is 4.74 Å². The maximum atomic E-state index is 10.1. The number of halogens is 1. The van der Waals surface area contributed by atoms with Crippen molar-refractivity contribution in [3.63, 3.8) is 0 Å². The largest absolute Gasteiger partial charge is 0.486 e. The molecule has 1 fully saturated rings. The number of rotatable bonds is 4. The Morgan fingerprint density at radius 2 is 2.00 bits per heavy atom. The van der Waals surface area contributed by atoms with Crippen LogP contribution in [-0.4, -0.2) is 22.9 Å². The van der Waals surface area contributed by atoms with Crippen LogP contribution in [-0.2, 0) is 6.54 Å². The molecule has 1 aromatic carbocycles. The molecule has 0 aliphatic heterocycles. The molecule has 4 heteroatoms. The van der Waals surface area contributed by atoms with Crippen LogP contribution in [0.15, 0.2) is 22.7 Å². The van der Waals surface area contributed by atoms with Crippen LogP contribution in [0.25, 0.3) is 0 Å². The number of ether oxygens (including phenoxy) is 1. The maximum Gasteiger partial charge on any atom is 0.138 e. The highest BCUT2D eigenvalue weighted by Crippen LogP contribution is 2.33. The van der Waals surface area contributed by atoms with Crippen molar-refractivity contribution in [1.82, 2.24) is 5.32 Å². The van der Waals surface area contributed by atoms with E-state index in [1.165, 1.54) is 0 Å². The summed E-state index contributed by atoms with van der Waals surface area (Å²) >= 11 is 3.58. The van der Waals surface area contributed by atoms with Gasteiger partial charge in [0.25, 0.3) is 0 Å². The summed E-state index contributed by atoms with van der Waals surface area (Å²) < 4.78 is 7.11. The third kappa shape index (κ3) is 4.97. The van der Waals surface area contributed by atoms with Gasteiger partial charge in [-0.2, -0.15) is 0 Å². The van der Waals surface area contributed by atoms with E-state index in [0.29, 0.717) is 0 Å². The van der Waals surface area contributed by atoms with Crippen molar-refractivity contribution in [2.24, 2.45) is 0 Å². The van der Waals surface area contributed by atoms with Gasteiger partial charge in [-0.15, -0.1) is 0 Å². The first-order valence-electron chi connectivity index (χ1n) is 7.74. The second-order valence-corrected chi connectivity index (χ2v) is 7.69. The number of hydrogen-bond acceptors (Lipinski definition) is 3. The lowest BCUT2D eigenvalue weighted by molar-refractivity contribution is 0.00592. The number of para-hydroxylation sites is 1. The zero-order chi connectivity index (χ0) is 15.5. The third-order valence-corrected chi connectivity index (χ3v) is 4.42. The van der Waals surface area contributed by atoms with Gasteiger partial charge in [-0.3, -0.25) is 0 Å². The summed E-state index contributed by atoms with van der Waals surface area (Å²) in [5, 5.41) is 13.6. The second kappa shape index (κ2) is 7.12. The lowest BCUT2D eigenvalue weighted by atomic mass is 9.95. The predicted octanol–water partition coefficient (Wildman–Crippen LogP) is 4.02. The topological polar surface area (TPSA) is 41.5 Å². The summed E-state index contributed by atoms with van der Waals surface area (Å²) in [5.74, 6) is 0.861. The van der Waals surface area contributed by atoms with E-state index in [2.05, 4.69) is 48.1 Å². The summed E-state index contributed by atoms with van der Waals surface area (Å²) in [6.45, 7) is 7.20. The fraction of sp³-hybridized carbons (Fsp3) is 0.647. The van der Waals surface area contributed by atoms with Crippen LogP contribution in [0.2, 0.25) is 0 Å². The molecule has 0 heterocycles. The molecule has 0 spiro atoms. The van der Waals surface area contributed by atoms with Gasteiger partial charge in [-0.05, 0) is 62.0 Å². The fourth-order valence-corrected chi connectivity index (χ4v) is 3.05. The zero-order valence-corrected chi connectivity index (χ0v) is 14.7. The fourth-order valence-electron chi connectivity index (χ4n) is 2.55. The molecule has 0 aromatic heterocycles. The molecule has 21 heavy (non-hydrogen) atoms. The molecule has 0 amide bonds. The van der Waals surface area contributed by atoms with Gasteiger partial charge in [0.05, 0.1) is 10.6 Å². The third-order valence-electron chi connectivity index (χ3n) is 3.79. The van der Waals surface area contributed by atoms with Crippen LogP contribution in [0.3, 0.4) is 0 Å². The monoisotopic (exact) mass is 355 g/mol. The molecular formula is C17H26BrNO2. The predicted molar refractivity (Wildman–Crippen MR) is 89.6 cm³/mol. The standard InChI is InChI=1S/C17H26BrNO2/c1-17(2,3)19-11-12-7-6-8-13(18)16(12)21-15-10-5-4-9-14(15)20/h6-8,14-15,19-20H,4-5,9-11H2,1-3H3. The van der Waals surface area contributed by atoms with Crippen molar-refractivity contribution in [3.05, 3.63) is 28.2 Å². The number of nitrogens with one attached hydrogen (secondary N) is 1. The van der Waals surface area contributed by atoms with Crippen molar-refractivity contribution in [2.75, 3.05) is 0 Å². The maximum absolute atomic E-state index is 10.1. The first-order chi connectivity index (χ1) is 9.87. The minimum absolute atomic E-state index is 0.0595. The molecule has 2 atom stereocenters. The van der Waals surface area contributed by atoms with Crippen LogP contribution in [0.5, 0.6) is 5.75 Å². The van der Waals surface area contributed by atoms with Crippen LogP contribution < -0.4 is 10.1 Å². The number of aliphatic hydroxyl groups excluding tert-OH is 1. The van der Waals surface area contributed by atoms with Gasteiger partial charge < -0.3 is 15.2 Å². The molecular weight excluding hydrogens is 330 g/mol. The Morgan fingerprint density at radius 3 is 2.67 bits per heavy atom. The number of aliphatic hydroxyl groups is 1. The van der Waals surface area contributed by atoms with Crippen LogP contribution in [0.4, 0.5) is 0 Å². The Balaban J connectivity index is 2.13. The molecule has 3 nitrogen and oxygen atoms in total. The highest BCUT2D eigenvalue weighted by Gasteiger charge is 2.26. The minimum Gasteiger partial charge on any atom is -0.486 e. The van der Waals surface area contributed by atoms with E-state index in [1.807, 2.05) is 12.1 Å². The van der Waals surface area contributed by atoms with Gasteiger partial charge in [0.1, 0.15) is 11.9 Å². The van der Waals surface area contributed by atoms with E-state index in [0.717, 1.165) is 48.0 Å². The van der Waals surface area contributed by atoms with Gasteiger partial charge in [-0.1, -0.05) is 18.6 Å². The molecule has 0 saturated heterocycles. The van der Waals surface area contributed by atoms with Gasteiger partial charge in [0.2, 0.25) is 0 Å². The van der Waals surface area contributed by atoms with E-state index in [9.17, 15) is 5.11 Å². The average Bonchev–Trinajstić information content (AvgIpc) is 2.41. The van der Waals surface area contributed by atoms with Gasteiger partial charge in [0, 0.05) is 17.6 Å². The smallest absolute Gasteiger partial charge is 0.138 e. The average molecular weight is 356 g/mol. The quantitative estimate of drug-likeness (QED) is 0.856. The summed E-state index contributed by atoms with van der Waals surface area (Å²) in [7, 11) is 0. The highest BCUT2D eigenvalue weighted by molar-refractivity contribution is 9.10. The van der Waals surface area contributed by atoms with Crippen molar-refractivity contribution < 1.29 is 9.84 Å². The van der Waals surface area contributed by atoms with Crippen LogP contribution in [0, 0.1) is 0 Å². The first kappa shape index (κ1) is 16.8. The minimum atomic E-state index is -0.353. The van der Waals surface area contributed by atoms with Crippen molar-refractivity contribution >= 4 is 15.9 Å². The Morgan fingerprint density at radius 1 is 1.29 bits per heavy atom. The molecule has 2 rings (SSSR count). The Labute approximate surface area is 136 Å². The van der Waals surface area contributed by atoms with E-state index < -0.39 is 0 Å². The van der Waals surface area contributed by atoms with Crippen molar-refractivity contribution in [2.45, 2.75) is 70.7 Å². The summed E-state index contributed by atoms with van der Waals surface area (Å²) in [6.07, 6.45) is 3.54. The van der Waals surface area contributed by atoms with Gasteiger partial charge in [-0.25, -0.2) is 0 Å². The SMILES string of the molecule is CC(C)(C)NCc1cccc(Br)c1OC1CCCCC1O. The van der Waals surface area contributed by atoms with Crippen LogP contribution in [0.1, 0.15) is 52.0 Å². The summed E-state index contributed by atoms with van der Waals surface area (Å²) in [6, 6.07) is 6.09. The van der Waals surface area contributed by atoms with E-state index in [1.54, 1.807) is 0 Å². The molecule has 1 aliphatic rings. The molecule has 1 aliphatic carbocycles. The molecule has 0 radical (unpaired) electrons. The molecule has 2 N–H and O–H groups in total. The normalized spacial score (nSPS) is 23.1. The number of benzene rings is 1. The lowest BCUT2D eigenvalue weighted by Crippen LogP contribution is -2.36. The summed E-state index contributed by atoms with van der Waals surface area (Å²) in [4.78, 5) is 0. The Bertz CT molecular complexity index is 470. The zero-order valence-electron chi connectivity index (χ0n) is 13.2. The summed E-state index contributed by atoms with van der Waals surface area (Å²) in [5.41, 5.74) is 1.18. The molecule has 1 aromatic rings. The van der Waals surface area contributed by atoms with Gasteiger partial charge >= 0.3 is 0 Å². The van der Waals surface area contributed by atoms with Crippen molar-refractivity contribution in [1.29, 1.82) is 0 Å². The highest BCUT2D eigenvalue weighted by atomic mass is 79.9. The molecule has 0 bridgehead atoms. The first-order valence-corrected chi connectivity index (χ1v) is 8.53.